The van der Waals surface area contributed by atoms with Gasteiger partial charge in [0.05, 0.1) is 0 Å². The number of benzene rings is 3. The highest BCUT2D eigenvalue weighted by atomic mass is 19.1. The molecule has 6 nitrogen and oxygen atoms in total. The van der Waals surface area contributed by atoms with Gasteiger partial charge in [-0.15, -0.1) is 0 Å². The summed E-state index contributed by atoms with van der Waals surface area (Å²) < 4.78 is 17.7. The molecule has 3 aromatic carbocycles. The summed E-state index contributed by atoms with van der Waals surface area (Å²) in [6.07, 6.45) is 0. The first-order valence-electron chi connectivity index (χ1n) is 8.50. The second kappa shape index (κ2) is 8.77. The number of carbonyl (C=O) groups is 3. The van der Waals surface area contributed by atoms with Crippen LogP contribution in [0.15, 0.2) is 66.7 Å². The van der Waals surface area contributed by atoms with Gasteiger partial charge in [0.2, 0.25) is 0 Å². The lowest BCUT2D eigenvalue weighted by Gasteiger charge is -2.09. The zero-order valence-corrected chi connectivity index (χ0v) is 14.8. The van der Waals surface area contributed by atoms with Gasteiger partial charge in [-0.2, -0.15) is 0 Å². The number of rotatable bonds is 6. The van der Waals surface area contributed by atoms with Gasteiger partial charge >= 0.3 is 5.97 Å². The summed E-state index contributed by atoms with van der Waals surface area (Å²) >= 11 is 0. The summed E-state index contributed by atoms with van der Waals surface area (Å²) in [5.41, 5.74) is 0.826. The molecule has 2 N–H and O–H groups in total. The number of fused-ring (bicyclic) bond motifs is 1. The van der Waals surface area contributed by atoms with Crippen LogP contribution in [0.5, 0.6) is 0 Å². The predicted octanol–water partition coefficient (Wildman–Crippen LogP) is 2.89. The summed E-state index contributed by atoms with van der Waals surface area (Å²) in [6, 6.07) is 17.9. The fraction of sp³-hybridized carbons (Fsp3) is 0.0952. The van der Waals surface area contributed by atoms with Crippen molar-refractivity contribution in [2.75, 3.05) is 18.5 Å². The lowest BCUT2D eigenvalue weighted by molar-refractivity contribution is -0.146. The van der Waals surface area contributed by atoms with Crippen molar-refractivity contribution in [1.29, 1.82) is 0 Å². The monoisotopic (exact) mass is 380 g/mol. The predicted molar refractivity (Wildman–Crippen MR) is 102 cm³/mol. The lowest BCUT2D eigenvalue weighted by Crippen LogP contribution is -2.32. The van der Waals surface area contributed by atoms with Crippen LogP contribution < -0.4 is 10.6 Å². The van der Waals surface area contributed by atoms with Crippen molar-refractivity contribution in [3.63, 3.8) is 0 Å². The van der Waals surface area contributed by atoms with Crippen LogP contribution in [0.4, 0.5) is 10.1 Å². The van der Waals surface area contributed by atoms with Crippen molar-refractivity contribution in [2.45, 2.75) is 0 Å². The van der Waals surface area contributed by atoms with Crippen LogP contribution in [0, 0.1) is 5.82 Å². The smallest absolute Gasteiger partial charge is 0.325 e. The molecule has 0 unspecified atom stereocenters. The third-order valence-electron chi connectivity index (χ3n) is 3.93. The van der Waals surface area contributed by atoms with E-state index in [2.05, 4.69) is 10.6 Å². The highest BCUT2D eigenvalue weighted by Gasteiger charge is 2.12. The van der Waals surface area contributed by atoms with E-state index >= 15 is 0 Å². The molecular formula is C21H17FN2O4. The molecule has 0 spiro atoms. The molecular weight excluding hydrogens is 363 g/mol. The Morgan fingerprint density at radius 3 is 2.39 bits per heavy atom. The number of carbonyl (C=O) groups excluding carboxylic acids is 3. The molecule has 0 heterocycles. The average molecular weight is 380 g/mol. The molecule has 28 heavy (non-hydrogen) atoms. The van der Waals surface area contributed by atoms with Crippen LogP contribution in [-0.2, 0) is 14.3 Å². The fourth-order valence-corrected chi connectivity index (χ4v) is 2.57. The Morgan fingerprint density at radius 1 is 0.893 bits per heavy atom. The van der Waals surface area contributed by atoms with Crippen LogP contribution in [0.25, 0.3) is 10.8 Å². The number of esters is 1. The first-order chi connectivity index (χ1) is 13.5. The fourth-order valence-electron chi connectivity index (χ4n) is 2.57. The molecule has 0 saturated carbocycles. The van der Waals surface area contributed by atoms with Gasteiger partial charge in [-0.3, -0.25) is 14.4 Å². The number of amides is 2. The number of hydrogen-bond donors (Lipinski definition) is 2. The van der Waals surface area contributed by atoms with E-state index in [4.69, 9.17) is 4.74 Å². The molecule has 0 radical (unpaired) electrons. The number of halogens is 1. The maximum Gasteiger partial charge on any atom is 0.325 e. The maximum absolute atomic E-state index is 12.8. The Hall–Kier alpha value is -3.74. The van der Waals surface area contributed by atoms with Crippen molar-refractivity contribution < 1.29 is 23.5 Å². The zero-order valence-electron chi connectivity index (χ0n) is 14.8. The van der Waals surface area contributed by atoms with Crippen LogP contribution in [0.2, 0.25) is 0 Å². The highest BCUT2D eigenvalue weighted by molar-refractivity contribution is 6.03. The molecule has 3 rings (SSSR count). The summed E-state index contributed by atoms with van der Waals surface area (Å²) in [7, 11) is 0. The van der Waals surface area contributed by atoms with Crippen molar-refractivity contribution in [3.8, 4) is 0 Å². The molecule has 7 heteroatoms. The Bertz CT molecular complexity index is 1010. The normalized spacial score (nSPS) is 10.3. The largest absolute Gasteiger partial charge is 0.454 e. The van der Waals surface area contributed by atoms with E-state index in [1.54, 1.807) is 6.07 Å². The van der Waals surface area contributed by atoms with Crippen molar-refractivity contribution in [1.82, 2.24) is 5.32 Å². The lowest BCUT2D eigenvalue weighted by atomic mass is 10.1. The minimum absolute atomic E-state index is 0.211. The molecule has 0 aromatic heterocycles. The van der Waals surface area contributed by atoms with Gasteiger partial charge in [0.15, 0.2) is 6.61 Å². The number of nitrogens with one attached hydrogen (secondary N) is 2. The summed E-state index contributed by atoms with van der Waals surface area (Å²) in [6.45, 7) is -0.883. The Kier molecular flexibility index (Phi) is 5.96. The molecule has 142 valence electrons. The van der Waals surface area contributed by atoms with Gasteiger partial charge in [0.1, 0.15) is 12.4 Å². The van der Waals surface area contributed by atoms with Gasteiger partial charge in [0, 0.05) is 16.6 Å². The summed E-state index contributed by atoms with van der Waals surface area (Å²) in [5.74, 6) is -2.26. The third-order valence-corrected chi connectivity index (χ3v) is 3.93. The molecule has 0 bridgehead atoms. The first kappa shape index (κ1) is 19.0. The Morgan fingerprint density at radius 2 is 1.61 bits per heavy atom. The zero-order chi connectivity index (χ0) is 19.9. The van der Waals surface area contributed by atoms with E-state index in [-0.39, 0.29) is 5.56 Å². The average Bonchev–Trinajstić information content (AvgIpc) is 2.71. The van der Waals surface area contributed by atoms with Gasteiger partial charge < -0.3 is 15.4 Å². The molecule has 0 aliphatic heterocycles. The summed E-state index contributed by atoms with van der Waals surface area (Å²) in [4.78, 5) is 35.6. The molecule has 0 saturated heterocycles. The first-order valence-corrected chi connectivity index (χ1v) is 8.50. The van der Waals surface area contributed by atoms with E-state index in [9.17, 15) is 18.8 Å². The van der Waals surface area contributed by atoms with E-state index in [0.29, 0.717) is 5.69 Å². The summed E-state index contributed by atoms with van der Waals surface area (Å²) in [5, 5.41) is 6.89. The van der Waals surface area contributed by atoms with E-state index in [0.717, 1.165) is 22.9 Å². The standard InChI is InChI=1S/C21H17FN2O4/c22-16-10-8-15(9-11-16)21(27)23-12-20(26)28-13-19(25)24-18-7-3-5-14-4-1-2-6-17(14)18/h1-11H,12-13H2,(H,23,27)(H,24,25). The molecule has 0 aliphatic rings. The Labute approximate surface area is 160 Å². The van der Waals surface area contributed by atoms with Gasteiger partial charge in [-0.25, -0.2) is 4.39 Å². The van der Waals surface area contributed by atoms with Gasteiger partial charge in [0.25, 0.3) is 11.8 Å². The second-order valence-corrected chi connectivity index (χ2v) is 5.93. The molecule has 0 atom stereocenters. The van der Waals surface area contributed by atoms with Crippen LogP contribution >= 0.6 is 0 Å². The minimum atomic E-state index is -0.761. The highest BCUT2D eigenvalue weighted by Crippen LogP contribution is 2.22. The van der Waals surface area contributed by atoms with Crippen LogP contribution in [0.1, 0.15) is 10.4 Å². The molecule has 0 aliphatic carbocycles. The second-order valence-electron chi connectivity index (χ2n) is 5.93. The van der Waals surface area contributed by atoms with Crippen molar-refractivity contribution in [2.24, 2.45) is 0 Å². The van der Waals surface area contributed by atoms with Crippen LogP contribution in [0.3, 0.4) is 0 Å². The SMILES string of the molecule is O=C(COC(=O)CNC(=O)c1ccc(F)cc1)Nc1cccc2ccccc12. The third kappa shape index (κ3) is 4.91. The topological polar surface area (TPSA) is 84.5 Å². The van der Waals surface area contributed by atoms with E-state index in [1.165, 1.54) is 12.1 Å². The number of hydrogen-bond acceptors (Lipinski definition) is 4. The Balaban J connectivity index is 1.47. The van der Waals surface area contributed by atoms with E-state index in [1.807, 2.05) is 36.4 Å². The quantitative estimate of drug-likeness (QED) is 0.644. The molecule has 2 amide bonds. The van der Waals surface area contributed by atoms with Crippen molar-refractivity contribution in [3.05, 3.63) is 78.1 Å². The number of anilines is 1. The molecule has 0 fully saturated rings. The van der Waals surface area contributed by atoms with E-state index < -0.39 is 36.8 Å². The van der Waals surface area contributed by atoms with Crippen LogP contribution in [-0.4, -0.2) is 30.9 Å². The maximum atomic E-state index is 12.8. The van der Waals surface area contributed by atoms with Gasteiger partial charge in [-0.05, 0) is 35.7 Å². The van der Waals surface area contributed by atoms with Crippen molar-refractivity contribution >= 4 is 34.2 Å². The minimum Gasteiger partial charge on any atom is -0.454 e. The number of ether oxygens (including phenoxy) is 1. The molecule has 3 aromatic rings. The van der Waals surface area contributed by atoms with Gasteiger partial charge in [-0.1, -0.05) is 36.4 Å².